The number of oxime groups is 1. The van der Waals surface area contributed by atoms with Gasteiger partial charge in [0, 0.05) is 13.0 Å². The molecule has 0 aliphatic carbocycles. The van der Waals surface area contributed by atoms with E-state index in [4.69, 9.17) is 9.94 Å². The van der Waals surface area contributed by atoms with Gasteiger partial charge in [-0.2, -0.15) is 11.8 Å². The van der Waals surface area contributed by atoms with Crippen LogP contribution in [-0.2, 0) is 14.4 Å². The molecule has 1 atom stereocenters. The summed E-state index contributed by atoms with van der Waals surface area (Å²) < 4.78 is 0. The van der Waals surface area contributed by atoms with E-state index in [2.05, 4.69) is 16.7 Å². The largest absolute Gasteiger partial charge is 0.477 e. The number of carbonyl (C=O) groups is 2. The highest BCUT2D eigenvalue weighted by molar-refractivity contribution is 7.98. The third-order valence-electron chi connectivity index (χ3n) is 2.53. The number of carboxylic acids is 1. The molecule has 0 aromatic heterocycles. The number of hydrogen-bond acceptors (Lipinski definition) is 5. The lowest BCUT2D eigenvalue weighted by molar-refractivity contribution is -0.131. The maximum Gasteiger partial charge on any atom is 0.353 e. The van der Waals surface area contributed by atoms with Gasteiger partial charge in [0.15, 0.2) is 5.71 Å². The van der Waals surface area contributed by atoms with Gasteiger partial charge in [0.1, 0.15) is 0 Å². The summed E-state index contributed by atoms with van der Waals surface area (Å²) >= 11 is 1.81. The Balaban J connectivity index is 2.10. The smallest absolute Gasteiger partial charge is 0.353 e. The highest BCUT2D eigenvalue weighted by Gasteiger charge is 2.31. The highest BCUT2D eigenvalue weighted by atomic mass is 32.2. The van der Waals surface area contributed by atoms with Crippen molar-refractivity contribution < 1.29 is 19.5 Å². The third kappa shape index (κ3) is 4.95. The maximum atomic E-state index is 11.6. The second kappa shape index (κ2) is 7.97. The van der Waals surface area contributed by atoms with Crippen LogP contribution >= 0.6 is 11.8 Å². The summed E-state index contributed by atoms with van der Waals surface area (Å²) in [5, 5.41) is 14.7. The number of nitrogens with zero attached hydrogens (tertiary/aromatic N) is 1. The number of amides is 1. The van der Waals surface area contributed by atoms with Crippen LogP contribution < -0.4 is 5.32 Å². The van der Waals surface area contributed by atoms with Crippen molar-refractivity contribution in [3.63, 3.8) is 0 Å². The molecule has 1 aliphatic heterocycles. The maximum absolute atomic E-state index is 11.6. The molecule has 0 radical (unpaired) electrons. The summed E-state index contributed by atoms with van der Waals surface area (Å²) in [6, 6.07) is 0. The normalized spacial score (nSPS) is 18.1. The van der Waals surface area contributed by atoms with E-state index in [9.17, 15) is 9.59 Å². The van der Waals surface area contributed by atoms with Crippen LogP contribution in [0.2, 0.25) is 0 Å². The molecule has 0 spiro atoms. The number of nitrogens with one attached hydrogen (secondary N) is 1. The van der Waals surface area contributed by atoms with Crippen LogP contribution in [0.15, 0.2) is 5.16 Å². The standard InChI is InChI=1S/C11H18N2O4S/c1-18-6-4-2-3-5-12-10(14)9-7-8(11(15)16)13-17-9/h9H,2-7H2,1H3,(H,12,14)(H,15,16). The van der Waals surface area contributed by atoms with Crippen LogP contribution in [-0.4, -0.2) is 47.4 Å². The SMILES string of the molecule is CSCCCCCNC(=O)C1CC(C(=O)O)=NO1. The van der Waals surface area contributed by atoms with Crippen LogP contribution in [0.1, 0.15) is 25.7 Å². The molecule has 1 amide bonds. The molecule has 0 aromatic rings. The van der Waals surface area contributed by atoms with E-state index in [-0.39, 0.29) is 18.0 Å². The number of aliphatic carboxylic acids is 1. The number of carboxylic acid groups (broad SMARTS) is 1. The molecule has 7 heteroatoms. The van der Waals surface area contributed by atoms with E-state index in [0.29, 0.717) is 6.54 Å². The van der Waals surface area contributed by atoms with Gasteiger partial charge in [0.2, 0.25) is 6.10 Å². The summed E-state index contributed by atoms with van der Waals surface area (Å²) in [5.41, 5.74) is -0.102. The number of rotatable bonds is 8. The van der Waals surface area contributed by atoms with Crippen LogP contribution in [0.4, 0.5) is 0 Å². The van der Waals surface area contributed by atoms with Crippen LogP contribution in [0, 0.1) is 0 Å². The van der Waals surface area contributed by atoms with Crippen molar-refractivity contribution in [3.05, 3.63) is 0 Å². The molecule has 1 aliphatic rings. The first kappa shape index (κ1) is 14.8. The van der Waals surface area contributed by atoms with E-state index in [1.807, 2.05) is 11.8 Å². The zero-order chi connectivity index (χ0) is 13.4. The second-order valence-corrected chi connectivity index (χ2v) is 4.97. The third-order valence-corrected chi connectivity index (χ3v) is 3.23. The summed E-state index contributed by atoms with van der Waals surface area (Å²) in [6.07, 6.45) is 4.45. The Morgan fingerprint density at radius 3 is 2.89 bits per heavy atom. The summed E-state index contributed by atoms with van der Waals surface area (Å²) in [4.78, 5) is 27.0. The highest BCUT2D eigenvalue weighted by Crippen LogP contribution is 2.10. The molecule has 6 nitrogen and oxygen atoms in total. The zero-order valence-corrected chi connectivity index (χ0v) is 11.2. The quantitative estimate of drug-likeness (QED) is 0.641. The fourth-order valence-corrected chi connectivity index (χ4v) is 2.01. The molecule has 0 aromatic carbocycles. The number of carbonyl (C=O) groups excluding carboxylic acids is 1. The van der Waals surface area contributed by atoms with Gasteiger partial charge in [-0.05, 0) is 24.9 Å². The first-order chi connectivity index (χ1) is 8.65. The average molecular weight is 274 g/mol. The Hall–Kier alpha value is -1.24. The number of unbranched alkanes of at least 4 members (excludes halogenated alkanes) is 2. The fraction of sp³-hybridized carbons (Fsp3) is 0.727. The minimum atomic E-state index is -1.14. The van der Waals surface area contributed by atoms with Crippen molar-refractivity contribution >= 4 is 29.4 Å². The Morgan fingerprint density at radius 1 is 1.50 bits per heavy atom. The van der Waals surface area contributed by atoms with Gasteiger partial charge in [-0.1, -0.05) is 11.6 Å². The molecule has 1 rings (SSSR count). The minimum absolute atomic E-state index is 0.0354. The Bertz CT molecular complexity index is 333. The lowest BCUT2D eigenvalue weighted by Gasteiger charge is -2.08. The van der Waals surface area contributed by atoms with E-state index < -0.39 is 12.1 Å². The Morgan fingerprint density at radius 2 is 2.28 bits per heavy atom. The predicted molar refractivity (Wildman–Crippen MR) is 69.8 cm³/mol. The molecule has 0 fully saturated rings. The number of thioether (sulfide) groups is 1. The molecular formula is C11H18N2O4S. The van der Waals surface area contributed by atoms with Gasteiger partial charge < -0.3 is 15.3 Å². The fourth-order valence-electron chi connectivity index (χ4n) is 1.52. The van der Waals surface area contributed by atoms with Crippen LogP contribution in [0.3, 0.4) is 0 Å². The van der Waals surface area contributed by atoms with Gasteiger partial charge in [0.25, 0.3) is 5.91 Å². The molecular weight excluding hydrogens is 256 g/mol. The van der Waals surface area contributed by atoms with Gasteiger partial charge in [-0.15, -0.1) is 0 Å². The Kier molecular flexibility index (Phi) is 6.56. The van der Waals surface area contributed by atoms with Crippen LogP contribution in [0.25, 0.3) is 0 Å². The van der Waals surface area contributed by atoms with Gasteiger partial charge in [0.05, 0.1) is 0 Å². The predicted octanol–water partition coefficient (Wildman–Crippen LogP) is 0.865. The van der Waals surface area contributed by atoms with E-state index in [1.54, 1.807) is 0 Å². The van der Waals surface area contributed by atoms with Gasteiger partial charge in [-0.3, -0.25) is 4.79 Å². The van der Waals surface area contributed by atoms with Gasteiger partial charge >= 0.3 is 5.97 Å². The first-order valence-electron chi connectivity index (χ1n) is 5.87. The molecule has 0 bridgehead atoms. The first-order valence-corrected chi connectivity index (χ1v) is 7.27. The van der Waals surface area contributed by atoms with E-state index in [1.165, 1.54) is 0 Å². The minimum Gasteiger partial charge on any atom is -0.477 e. The molecule has 1 unspecified atom stereocenters. The van der Waals surface area contributed by atoms with Crippen molar-refractivity contribution in [3.8, 4) is 0 Å². The van der Waals surface area contributed by atoms with Crippen molar-refractivity contribution in [1.29, 1.82) is 0 Å². The van der Waals surface area contributed by atoms with E-state index in [0.717, 1.165) is 25.0 Å². The van der Waals surface area contributed by atoms with Gasteiger partial charge in [-0.25, -0.2) is 4.79 Å². The summed E-state index contributed by atoms with van der Waals surface area (Å²) in [6.45, 7) is 0.593. The number of hydrogen-bond donors (Lipinski definition) is 2. The molecule has 2 N–H and O–H groups in total. The Labute approximate surface area is 110 Å². The lowest BCUT2D eigenvalue weighted by atomic mass is 10.1. The molecule has 102 valence electrons. The van der Waals surface area contributed by atoms with Crippen molar-refractivity contribution in [2.45, 2.75) is 31.8 Å². The van der Waals surface area contributed by atoms with Crippen molar-refractivity contribution in [1.82, 2.24) is 5.32 Å². The molecule has 1 heterocycles. The molecule has 0 saturated heterocycles. The second-order valence-electron chi connectivity index (χ2n) is 3.99. The topological polar surface area (TPSA) is 88.0 Å². The molecule has 18 heavy (non-hydrogen) atoms. The molecule has 0 saturated carbocycles. The lowest BCUT2D eigenvalue weighted by Crippen LogP contribution is -2.35. The summed E-state index contributed by atoms with van der Waals surface area (Å²) in [7, 11) is 0. The monoisotopic (exact) mass is 274 g/mol. The van der Waals surface area contributed by atoms with Crippen molar-refractivity contribution in [2.24, 2.45) is 5.16 Å². The van der Waals surface area contributed by atoms with Crippen molar-refractivity contribution in [2.75, 3.05) is 18.6 Å². The summed E-state index contributed by atoms with van der Waals surface area (Å²) in [5.74, 6) is -0.294. The van der Waals surface area contributed by atoms with Crippen LogP contribution in [0.5, 0.6) is 0 Å². The van der Waals surface area contributed by atoms with E-state index >= 15 is 0 Å². The average Bonchev–Trinajstić information content (AvgIpc) is 2.83. The zero-order valence-electron chi connectivity index (χ0n) is 10.3.